The summed E-state index contributed by atoms with van der Waals surface area (Å²) in [5, 5.41) is 2.95. The van der Waals surface area contributed by atoms with Crippen LogP contribution in [0.3, 0.4) is 0 Å². The number of ether oxygens (including phenoxy) is 2. The molecule has 6 rings (SSSR count). The minimum Gasteiger partial charge on any atom is -0.493 e. The van der Waals surface area contributed by atoms with E-state index in [9.17, 15) is 14.4 Å². The summed E-state index contributed by atoms with van der Waals surface area (Å²) >= 11 is 2.20. The number of rotatable bonds is 8. The maximum atomic E-state index is 14.3. The lowest BCUT2D eigenvalue weighted by Gasteiger charge is -2.49. The van der Waals surface area contributed by atoms with Crippen molar-refractivity contribution >= 4 is 45.8 Å². The van der Waals surface area contributed by atoms with Crippen LogP contribution in [0.2, 0.25) is 0 Å². The van der Waals surface area contributed by atoms with E-state index in [4.69, 9.17) is 9.47 Å². The molecular formula is C41H45IN2O5. The molecule has 49 heavy (non-hydrogen) atoms. The van der Waals surface area contributed by atoms with Crippen LogP contribution in [0.4, 0.5) is 5.69 Å². The molecule has 8 heteroatoms. The number of carbonyl (C=O) groups excluding carboxylic acids is 3. The number of hydrogen-bond donors (Lipinski definition) is 1. The van der Waals surface area contributed by atoms with E-state index in [-0.39, 0.29) is 34.9 Å². The zero-order chi connectivity index (χ0) is 35.2. The lowest BCUT2D eigenvalue weighted by molar-refractivity contribution is -0.120. The first-order valence-electron chi connectivity index (χ1n) is 16.9. The molecule has 0 fully saturated rings. The third kappa shape index (κ3) is 7.07. The number of Topliss-reactive ketones (excluding diaryl/α,β-unsaturated/α-hetero) is 2. The third-order valence-electron chi connectivity index (χ3n) is 10.0. The Morgan fingerprint density at radius 1 is 0.878 bits per heavy atom. The first-order valence-corrected chi connectivity index (χ1v) is 18.0. The Balaban J connectivity index is 1.42. The molecule has 0 spiro atoms. The molecule has 1 N–H and O–H groups in total. The first kappa shape index (κ1) is 34.9. The highest BCUT2D eigenvalue weighted by atomic mass is 127. The molecule has 3 aromatic rings. The van der Waals surface area contributed by atoms with Gasteiger partial charge in [-0.15, -0.1) is 0 Å². The van der Waals surface area contributed by atoms with Gasteiger partial charge in [0.05, 0.1) is 10.7 Å². The van der Waals surface area contributed by atoms with Gasteiger partial charge in [0.2, 0.25) is 0 Å². The van der Waals surface area contributed by atoms with E-state index in [2.05, 4.69) is 72.6 Å². The lowest BCUT2D eigenvalue weighted by Crippen LogP contribution is -2.44. The highest BCUT2D eigenvalue weighted by Crippen LogP contribution is 2.55. The number of allylic oxidation sites excluding steroid dienone is 4. The topological polar surface area (TPSA) is 84.9 Å². The Morgan fingerprint density at radius 3 is 2.08 bits per heavy atom. The molecule has 0 atom stereocenters. The molecule has 1 aliphatic heterocycles. The quantitative estimate of drug-likeness (QED) is 0.231. The predicted octanol–water partition coefficient (Wildman–Crippen LogP) is 8.82. The summed E-state index contributed by atoms with van der Waals surface area (Å²) in [5.74, 6) is 0.252. The zero-order valence-corrected chi connectivity index (χ0v) is 31.6. The van der Waals surface area contributed by atoms with Gasteiger partial charge in [-0.2, -0.15) is 0 Å². The zero-order valence-electron chi connectivity index (χ0n) is 29.5. The number of carbonyl (C=O) groups is 3. The summed E-state index contributed by atoms with van der Waals surface area (Å²) in [6, 6.07) is 19.9. The number of nitrogens with zero attached hydrogens (tertiary/aromatic N) is 1. The monoisotopic (exact) mass is 772 g/mol. The van der Waals surface area contributed by atoms with E-state index in [1.165, 1.54) is 0 Å². The second-order valence-electron chi connectivity index (χ2n) is 15.2. The Bertz CT molecular complexity index is 1850. The minimum absolute atomic E-state index is 0.0795. The molecule has 3 aliphatic rings. The van der Waals surface area contributed by atoms with Gasteiger partial charge >= 0.3 is 0 Å². The van der Waals surface area contributed by atoms with Crippen LogP contribution < -0.4 is 14.8 Å². The molecule has 1 heterocycles. The fourth-order valence-electron chi connectivity index (χ4n) is 7.59. The van der Waals surface area contributed by atoms with Gasteiger partial charge < -0.3 is 19.7 Å². The second kappa shape index (κ2) is 13.4. The van der Waals surface area contributed by atoms with Crippen molar-refractivity contribution < 1.29 is 23.9 Å². The third-order valence-corrected chi connectivity index (χ3v) is 10.8. The molecule has 2 aliphatic carbocycles. The number of amides is 1. The Hall–Kier alpha value is -3.92. The Morgan fingerprint density at radius 2 is 1.49 bits per heavy atom. The molecule has 0 unspecified atom stereocenters. The van der Waals surface area contributed by atoms with Crippen LogP contribution in [-0.2, 0) is 20.9 Å². The minimum atomic E-state index is -0.520. The van der Waals surface area contributed by atoms with Gasteiger partial charge in [-0.1, -0.05) is 70.2 Å². The van der Waals surface area contributed by atoms with Crippen LogP contribution in [0, 0.1) is 28.2 Å². The summed E-state index contributed by atoms with van der Waals surface area (Å²) < 4.78 is 12.7. The number of benzene rings is 3. The van der Waals surface area contributed by atoms with Crippen LogP contribution in [-0.4, -0.2) is 36.1 Å². The van der Waals surface area contributed by atoms with Crippen molar-refractivity contribution in [1.82, 2.24) is 4.90 Å². The number of halogens is 1. The number of anilines is 1. The fourth-order valence-corrected chi connectivity index (χ4v) is 8.38. The van der Waals surface area contributed by atoms with Gasteiger partial charge in [0.25, 0.3) is 5.91 Å². The van der Waals surface area contributed by atoms with Gasteiger partial charge in [-0.05, 0) is 101 Å². The van der Waals surface area contributed by atoms with E-state index in [1.807, 2.05) is 62.4 Å². The van der Waals surface area contributed by atoms with Crippen molar-refractivity contribution in [3.8, 4) is 11.5 Å². The van der Waals surface area contributed by atoms with Crippen LogP contribution in [0.1, 0.15) is 81.5 Å². The largest absolute Gasteiger partial charge is 0.493 e. The van der Waals surface area contributed by atoms with Crippen molar-refractivity contribution in [3.63, 3.8) is 0 Å². The van der Waals surface area contributed by atoms with Crippen LogP contribution in [0.25, 0.3) is 0 Å². The summed E-state index contributed by atoms with van der Waals surface area (Å²) in [6.07, 6.45) is 2.28. The fraction of sp³-hybridized carbons (Fsp3) is 0.390. The molecule has 0 saturated carbocycles. The highest BCUT2D eigenvalue weighted by Gasteiger charge is 2.49. The summed E-state index contributed by atoms with van der Waals surface area (Å²) in [6.45, 7) is 13.0. The van der Waals surface area contributed by atoms with Crippen LogP contribution >= 0.6 is 22.6 Å². The van der Waals surface area contributed by atoms with Crippen molar-refractivity contribution in [2.45, 2.75) is 79.7 Å². The maximum absolute atomic E-state index is 14.3. The van der Waals surface area contributed by atoms with Gasteiger partial charge in [-0.25, -0.2) is 0 Å². The number of hydrogen-bond acceptors (Lipinski definition) is 6. The summed E-state index contributed by atoms with van der Waals surface area (Å²) in [7, 11) is 1.57. The van der Waals surface area contributed by atoms with E-state index >= 15 is 0 Å². The van der Waals surface area contributed by atoms with E-state index in [1.54, 1.807) is 7.11 Å². The number of methoxy groups -OCH3 is 1. The normalized spacial score (nSPS) is 18.7. The number of ketones is 2. The molecule has 7 nitrogen and oxygen atoms in total. The summed E-state index contributed by atoms with van der Waals surface area (Å²) in [5.41, 5.74) is 7.79. The molecule has 3 aromatic carbocycles. The lowest BCUT2D eigenvalue weighted by atomic mass is 9.63. The average Bonchev–Trinajstić information content (AvgIpc) is 3.02. The Labute approximate surface area is 303 Å². The molecule has 0 saturated heterocycles. The van der Waals surface area contributed by atoms with Gasteiger partial charge in [0.15, 0.2) is 29.7 Å². The molecule has 0 aromatic heterocycles. The maximum Gasteiger partial charge on any atom is 0.262 e. The molecule has 256 valence electrons. The molecule has 0 bridgehead atoms. The van der Waals surface area contributed by atoms with E-state index in [0.717, 1.165) is 55.7 Å². The van der Waals surface area contributed by atoms with Crippen LogP contribution in [0.15, 0.2) is 83.2 Å². The van der Waals surface area contributed by atoms with Crippen molar-refractivity contribution in [3.05, 3.63) is 109 Å². The summed E-state index contributed by atoms with van der Waals surface area (Å²) in [4.78, 5) is 43.8. The van der Waals surface area contributed by atoms with Crippen molar-refractivity contribution in [1.29, 1.82) is 0 Å². The Kier molecular flexibility index (Phi) is 9.56. The SMILES string of the molecule is COc1cc(C2C3=C(CC(C)(C)CC3=O)N(Cc3ccccc3)C3=C2C(=O)CC(C)(C)C3)cc(I)c1OCC(=O)Nc1cccc(C)c1C. The van der Waals surface area contributed by atoms with Crippen molar-refractivity contribution in [2.75, 3.05) is 19.0 Å². The van der Waals surface area contributed by atoms with E-state index < -0.39 is 5.92 Å². The number of aryl methyl sites for hydroxylation is 1. The smallest absolute Gasteiger partial charge is 0.262 e. The van der Waals surface area contributed by atoms with Gasteiger partial charge in [-0.3, -0.25) is 14.4 Å². The van der Waals surface area contributed by atoms with Crippen LogP contribution in [0.5, 0.6) is 11.5 Å². The molecule has 0 radical (unpaired) electrons. The number of nitrogens with one attached hydrogen (secondary N) is 1. The standard InChI is InChI=1S/C41H45IN2O5/c1-24-12-11-15-29(25(24)2)43-35(47)23-49-39-28(42)16-27(17-34(39)48-7)36-37-30(18-40(3,4)20-32(37)45)44(22-26-13-9-8-10-14-26)31-19-41(5,6)21-33(46)38(31)36/h8-17,36H,18-23H2,1-7H3,(H,43,47). The average molecular weight is 773 g/mol. The van der Waals surface area contributed by atoms with Crippen molar-refractivity contribution in [2.24, 2.45) is 10.8 Å². The highest BCUT2D eigenvalue weighted by molar-refractivity contribution is 14.1. The molecule has 1 amide bonds. The second-order valence-corrected chi connectivity index (χ2v) is 16.4. The first-order chi connectivity index (χ1) is 23.2. The molecular weight excluding hydrogens is 727 g/mol. The van der Waals surface area contributed by atoms with Gasteiger partial charge in [0.1, 0.15) is 0 Å². The predicted molar refractivity (Wildman–Crippen MR) is 201 cm³/mol. The van der Waals surface area contributed by atoms with Gasteiger partial charge in [0, 0.05) is 53.5 Å². The van der Waals surface area contributed by atoms with E-state index in [0.29, 0.717) is 42.0 Å².